The Morgan fingerprint density at radius 3 is 2.38 bits per heavy atom. The van der Waals surface area contributed by atoms with Crippen molar-refractivity contribution in [2.24, 2.45) is 17.8 Å². The Bertz CT molecular complexity index is 531. The van der Waals surface area contributed by atoms with Crippen molar-refractivity contribution in [1.29, 1.82) is 0 Å². The summed E-state index contributed by atoms with van der Waals surface area (Å²) in [5, 5.41) is 3.08. The van der Waals surface area contributed by atoms with Crippen LogP contribution in [0.15, 0.2) is 36.4 Å². The van der Waals surface area contributed by atoms with Gasteiger partial charge >= 0.3 is 0 Å². The molecule has 3 nitrogen and oxygen atoms in total. The zero-order chi connectivity index (χ0) is 14.8. The quantitative estimate of drug-likeness (QED) is 0.836. The minimum Gasteiger partial charge on any atom is -0.372 e. The van der Waals surface area contributed by atoms with Crippen LogP contribution in [0.4, 0.5) is 11.4 Å². The fourth-order valence-electron chi connectivity index (χ4n) is 3.66. The van der Waals surface area contributed by atoms with Gasteiger partial charge in [-0.25, -0.2) is 0 Å². The maximum absolute atomic E-state index is 12.4. The Labute approximate surface area is 127 Å². The Morgan fingerprint density at radius 1 is 1.14 bits per heavy atom. The van der Waals surface area contributed by atoms with Gasteiger partial charge in [-0.3, -0.25) is 4.79 Å². The lowest BCUT2D eigenvalue weighted by molar-refractivity contribution is -0.120. The van der Waals surface area contributed by atoms with Gasteiger partial charge < -0.3 is 10.2 Å². The molecule has 112 valence electrons. The van der Waals surface area contributed by atoms with Crippen molar-refractivity contribution in [2.75, 3.05) is 23.3 Å². The molecule has 2 bridgehead atoms. The van der Waals surface area contributed by atoms with E-state index in [4.69, 9.17) is 0 Å². The van der Waals surface area contributed by atoms with Crippen LogP contribution in [-0.2, 0) is 4.79 Å². The molecular weight excluding hydrogens is 260 g/mol. The number of amides is 1. The third-order valence-corrected chi connectivity index (χ3v) is 4.88. The molecule has 0 heterocycles. The van der Waals surface area contributed by atoms with Gasteiger partial charge in [0.25, 0.3) is 0 Å². The first-order chi connectivity index (χ1) is 10.2. The number of hydrogen-bond donors (Lipinski definition) is 1. The SMILES string of the molecule is CCN(CC)c1ccc(NC(=O)C2CC3C=CC2C3)cc1. The lowest BCUT2D eigenvalue weighted by Crippen LogP contribution is -2.26. The molecule has 0 saturated heterocycles. The van der Waals surface area contributed by atoms with Gasteiger partial charge in [-0.1, -0.05) is 12.2 Å². The summed E-state index contributed by atoms with van der Waals surface area (Å²) in [6.45, 7) is 6.31. The van der Waals surface area contributed by atoms with Crippen LogP contribution in [0.1, 0.15) is 26.7 Å². The molecule has 1 fully saturated rings. The van der Waals surface area contributed by atoms with Crippen LogP contribution in [0.5, 0.6) is 0 Å². The van der Waals surface area contributed by atoms with E-state index in [1.807, 2.05) is 12.1 Å². The van der Waals surface area contributed by atoms with Crippen molar-refractivity contribution in [1.82, 2.24) is 0 Å². The summed E-state index contributed by atoms with van der Waals surface area (Å²) in [7, 11) is 0. The van der Waals surface area contributed by atoms with E-state index < -0.39 is 0 Å². The minimum absolute atomic E-state index is 0.169. The van der Waals surface area contributed by atoms with Gasteiger partial charge in [0.05, 0.1) is 0 Å². The number of benzene rings is 1. The summed E-state index contributed by atoms with van der Waals surface area (Å²) in [6, 6.07) is 8.19. The smallest absolute Gasteiger partial charge is 0.228 e. The van der Waals surface area contributed by atoms with Crippen LogP contribution < -0.4 is 10.2 Å². The van der Waals surface area contributed by atoms with E-state index in [1.54, 1.807) is 0 Å². The number of anilines is 2. The molecule has 21 heavy (non-hydrogen) atoms. The molecule has 1 aromatic carbocycles. The second-order valence-corrected chi connectivity index (χ2v) is 6.10. The van der Waals surface area contributed by atoms with Crippen molar-refractivity contribution in [2.45, 2.75) is 26.7 Å². The largest absolute Gasteiger partial charge is 0.372 e. The van der Waals surface area contributed by atoms with Crippen LogP contribution in [0.3, 0.4) is 0 Å². The predicted molar refractivity (Wildman–Crippen MR) is 87.5 cm³/mol. The summed E-state index contributed by atoms with van der Waals surface area (Å²) >= 11 is 0. The molecule has 0 aromatic heterocycles. The van der Waals surface area contributed by atoms with E-state index in [0.29, 0.717) is 11.8 Å². The van der Waals surface area contributed by atoms with Crippen LogP contribution in [0, 0.1) is 17.8 Å². The molecule has 3 heteroatoms. The lowest BCUT2D eigenvalue weighted by atomic mass is 9.93. The summed E-state index contributed by atoms with van der Waals surface area (Å²) in [5.74, 6) is 1.45. The number of allylic oxidation sites excluding steroid dienone is 2. The first-order valence-electron chi connectivity index (χ1n) is 8.05. The highest BCUT2D eigenvalue weighted by Gasteiger charge is 2.39. The maximum atomic E-state index is 12.4. The van der Waals surface area contributed by atoms with Gasteiger partial charge in [0.1, 0.15) is 0 Å². The monoisotopic (exact) mass is 284 g/mol. The second kappa shape index (κ2) is 5.92. The predicted octanol–water partition coefficient (Wildman–Crippen LogP) is 3.68. The van der Waals surface area contributed by atoms with E-state index in [2.05, 4.69) is 48.3 Å². The third kappa shape index (κ3) is 2.82. The highest BCUT2D eigenvalue weighted by molar-refractivity contribution is 5.93. The van der Waals surface area contributed by atoms with Crippen molar-refractivity contribution in [3.63, 3.8) is 0 Å². The van der Waals surface area contributed by atoms with Gasteiger partial charge in [-0.05, 0) is 62.8 Å². The first-order valence-corrected chi connectivity index (χ1v) is 8.05. The number of carbonyl (C=O) groups is 1. The average Bonchev–Trinajstić information content (AvgIpc) is 3.13. The molecule has 1 amide bonds. The van der Waals surface area contributed by atoms with Crippen molar-refractivity contribution in [3.05, 3.63) is 36.4 Å². The van der Waals surface area contributed by atoms with E-state index >= 15 is 0 Å². The molecule has 3 atom stereocenters. The fraction of sp³-hybridized carbons (Fsp3) is 0.500. The summed E-state index contributed by atoms with van der Waals surface area (Å²) < 4.78 is 0. The molecule has 0 spiro atoms. The zero-order valence-corrected chi connectivity index (χ0v) is 12.9. The number of fused-ring (bicyclic) bond motifs is 2. The van der Waals surface area contributed by atoms with Crippen molar-refractivity contribution < 1.29 is 4.79 Å². The van der Waals surface area contributed by atoms with Crippen LogP contribution in [0.2, 0.25) is 0 Å². The van der Waals surface area contributed by atoms with E-state index in [1.165, 1.54) is 12.1 Å². The Kier molecular flexibility index (Phi) is 4.00. The summed E-state index contributed by atoms with van der Waals surface area (Å²) in [6.07, 6.45) is 6.68. The van der Waals surface area contributed by atoms with Gasteiger partial charge in [0.2, 0.25) is 5.91 Å². The molecule has 3 unspecified atom stereocenters. The average molecular weight is 284 g/mol. The van der Waals surface area contributed by atoms with E-state index in [0.717, 1.165) is 25.2 Å². The number of hydrogen-bond acceptors (Lipinski definition) is 2. The molecule has 1 aromatic rings. The van der Waals surface area contributed by atoms with Crippen molar-refractivity contribution >= 4 is 17.3 Å². The van der Waals surface area contributed by atoms with E-state index in [-0.39, 0.29) is 11.8 Å². The maximum Gasteiger partial charge on any atom is 0.228 e. The van der Waals surface area contributed by atoms with Gasteiger partial charge in [0.15, 0.2) is 0 Å². The molecule has 2 aliphatic carbocycles. The third-order valence-electron chi connectivity index (χ3n) is 4.88. The Balaban J connectivity index is 1.63. The Morgan fingerprint density at radius 2 is 1.86 bits per heavy atom. The second-order valence-electron chi connectivity index (χ2n) is 6.10. The van der Waals surface area contributed by atoms with Gasteiger partial charge in [0, 0.05) is 30.4 Å². The minimum atomic E-state index is 0.169. The summed E-state index contributed by atoms with van der Waals surface area (Å²) in [5.41, 5.74) is 2.11. The zero-order valence-electron chi connectivity index (χ0n) is 12.9. The molecular formula is C18H24N2O. The number of rotatable bonds is 5. The molecule has 3 rings (SSSR count). The standard InChI is InChI=1S/C18H24N2O/c1-3-20(4-2)16-9-7-15(8-10-16)19-18(21)17-12-13-5-6-14(17)11-13/h5-10,13-14,17H,3-4,11-12H2,1-2H3,(H,19,21). The normalized spacial score (nSPS) is 26.1. The summed E-state index contributed by atoms with van der Waals surface area (Å²) in [4.78, 5) is 14.7. The molecule has 2 aliphatic rings. The number of carbonyl (C=O) groups excluding carboxylic acids is 1. The fourth-order valence-corrected chi connectivity index (χ4v) is 3.66. The molecule has 0 radical (unpaired) electrons. The first kappa shape index (κ1) is 14.2. The Hall–Kier alpha value is -1.77. The lowest BCUT2D eigenvalue weighted by Gasteiger charge is -2.21. The highest BCUT2D eigenvalue weighted by atomic mass is 16.1. The van der Waals surface area contributed by atoms with E-state index in [9.17, 15) is 4.79 Å². The topological polar surface area (TPSA) is 32.3 Å². The van der Waals surface area contributed by atoms with Gasteiger partial charge in [-0.15, -0.1) is 0 Å². The van der Waals surface area contributed by atoms with Gasteiger partial charge in [-0.2, -0.15) is 0 Å². The molecule has 0 aliphatic heterocycles. The number of nitrogens with zero attached hydrogens (tertiary/aromatic N) is 1. The van der Waals surface area contributed by atoms with Crippen LogP contribution >= 0.6 is 0 Å². The number of nitrogens with one attached hydrogen (secondary N) is 1. The van der Waals surface area contributed by atoms with Crippen LogP contribution in [-0.4, -0.2) is 19.0 Å². The molecule has 1 saturated carbocycles. The molecule has 1 N–H and O–H groups in total. The highest BCUT2D eigenvalue weighted by Crippen LogP contribution is 2.43. The van der Waals surface area contributed by atoms with Crippen LogP contribution in [0.25, 0.3) is 0 Å². The van der Waals surface area contributed by atoms with Crippen molar-refractivity contribution in [3.8, 4) is 0 Å².